The Morgan fingerprint density at radius 3 is 0.884 bits per heavy atom. The molecule has 0 spiro atoms. The number of rotatable bonds is 41. The van der Waals surface area contributed by atoms with E-state index in [0.29, 0.717) is 48.4 Å². The number of nitrogens with zero attached hydrogens (tertiary/aromatic N) is 20. The average Bonchev–Trinajstić information content (AvgIpc) is 0.768. The summed E-state index contributed by atoms with van der Waals surface area (Å²) in [5, 5.41) is 2.71. The molecule has 26 nitrogen and oxygen atoms in total. The minimum absolute atomic E-state index is 0.0852. The number of sulfone groups is 1. The number of hydrogen-bond acceptors (Lipinski definition) is 10. The van der Waals surface area contributed by atoms with E-state index < -0.39 is 9.84 Å². The molecule has 0 aliphatic carbocycles. The van der Waals surface area contributed by atoms with E-state index in [1.54, 1.807) is 0 Å². The summed E-state index contributed by atoms with van der Waals surface area (Å²) < 4.78 is 51.5. The van der Waals surface area contributed by atoms with Gasteiger partial charge >= 0.3 is 11.9 Å². The van der Waals surface area contributed by atoms with Crippen LogP contribution in [0, 0.1) is 0 Å². The first-order chi connectivity index (χ1) is 68.5. The van der Waals surface area contributed by atoms with Crippen LogP contribution < -0.4 is 17.9 Å². The summed E-state index contributed by atoms with van der Waals surface area (Å²) >= 11 is 0. The number of ether oxygens (including phenoxy) is 2. The highest BCUT2D eigenvalue weighted by atomic mass is 32.2. The van der Waals surface area contributed by atoms with Gasteiger partial charge in [-0.05, 0) is 187 Å². The predicted octanol–water partition coefficient (Wildman–Crippen LogP) is 13.0. The molecule has 15 aliphatic rings. The molecule has 0 radical (unpaired) electrons. The van der Waals surface area contributed by atoms with Crippen molar-refractivity contribution in [1.82, 2.24) is 37.5 Å². The molecule has 4 aromatic carbocycles. The van der Waals surface area contributed by atoms with Crippen molar-refractivity contribution in [3.05, 3.63) is 84.9 Å². The van der Waals surface area contributed by atoms with Crippen LogP contribution in [-0.4, -0.2) is 597 Å². The van der Waals surface area contributed by atoms with Gasteiger partial charge in [-0.1, -0.05) is 38.8 Å². The number of piperidine rings is 2. The summed E-state index contributed by atoms with van der Waals surface area (Å²) in [6, 6.07) is 30.9. The van der Waals surface area contributed by atoms with Crippen molar-refractivity contribution in [3.63, 3.8) is 0 Å². The average molecular weight is 2090 g/mol. The second kappa shape index (κ2) is 56.7. The highest BCUT2D eigenvalue weighted by molar-refractivity contribution is 7.91. The fourth-order valence-electron chi connectivity index (χ4n) is 23.3. The maximum absolute atomic E-state index is 12.2. The molecule has 0 unspecified atom stereocenters. The van der Waals surface area contributed by atoms with Crippen molar-refractivity contribution in [1.29, 1.82) is 0 Å². The smallest absolute Gasteiger partial charge is 0.361 e. The van der Waals surface area contributed by atoms with Gasteiger partial charge in [0.2, 0.25) is 6.73 Å². The van der Waals surface area contributed by atoms with Crippen molar-refractivity contribution < 1.29 is 81.3 Å². The standard InChI is InChI=1S/C20H36N4O4.C18H26N2.C17H34N4.C17H36N2.C16H24N2.C14H32N2.C10H26N2O2S.C8H22N2/c25-19(28-18-24-13-7-22(8-14-24)9-15-24)3-1-2-16-27-20(26)17-23-10-4-21(5-11-23)6-12-23;1-19(2,3)17-11-7-15(8-12-17)16-9-13-18(14-10-16)20(4,5)6;1(2-10-20-12-4-18(5-13-20)6-14-20)3-11-21-15-7-19(8-16-21)9-17-21;1-18(12-6-3-7-13-18)16-10-5-11-17-19(2)14-8-4-9-15-19;1-17(2,3)15-11-7-10-14-13(15)9-8-12-16(14)18(4,5)6;1-5-7-9-15(3)11-13-16(4,14-12-15)10-8-6-2;1-11(2,3)7-9-15(13,14)10-8-12(4,5)6;1-9(2,3)7-8-10(4,5)6/h1-18H2;7-14H,1-6H3;1-17H2;3-17H2,1-2H3;7-12H,1-6H3;5-14H2,1-4H3;7-10H2,1-6H3;7-8H2,1-6H3/q8*+2. The van der Waals surface area contributed by atoms with E-state index in [9.17, 15) is 18.0 Å². The second-order valence-corrected chi connectivity index (χ2v) is 58.8. The van der Waals surface area contributed by atoms with E-state index in [4.69, 9.17) is 9.47 Å². The van der Waals surface area contributed by atoms with Crippen molar-refractivity contribution in [2.45, 2.75) is 136 Å². The summed E-state index contributed by atoms with van der Waals surface area (Å²) in [6.45, 7) is 59.9. The number of piperazine rings is 13. The van der Waals surface area contributed by atoms with Crippen LogP contribution >= 0.6 is 0 Å². The van der Waals surface area contributed by atoms with Gasteiger partial charge in [-0.2, -0.15) is 0 Å². The number of quaternary nitrogens is 16. The Labute approximate surface area is 904 Å². The zero-order valence-electron chi connectivity index (χ0n) is 102. The highest BCUT2D eigenvalue weighted by Gasteiger charge is 2.45. The fourth-order valence-corrected chi connectivity index (χ4v) is 25.2. The first-order valence-electron chi connectivity index (χ1n) is 58.9. The predicted molar refractivity (Wildman–Crippen MR) is 628 cm³/mol. The molecule has 8 bridgehead atoms. The molecule has 15 saturated heterocycles. The Hall–Kier alpha value is -4.77. The second-order valence-electron chi connectivity index (χ2n) is 56.5. The summed E-state index contributed by atoms with van der Waals surface area (Å²) in [6.07, 6.45) is 25.0. The van der Waals surface area contributed by atoms with Gasteiger partial charge in [-0.3, -0.25) is 46.8 Å². The molecule has 19 rings (SSSR count). The molecule has 0 N–H and O–H groups in total. The van der Waals surface area contributed by atoms with Gasteiger partial charge in [0.15, 0.2) is 16.4 Å². The lowest BCUT2D eigenvalue weighted by atomic mass is 10.0. The van der Waals surface area contributed by atoms with Crippen LogP contribution in [0.25, 0.3) is 21.9 Å². The number of likely N-dealkylation sites (N-methyl/N-ethyl adjacent to an activating group) is 4. The number of carbonyl (C=O) groups excluding carboxylic acids is 2. The minimum Gasteiger partial charge on any atom is -0.462 e. The quantitative estimate of drug-likeness (QED) is 0.0243. The van der Waals surface area contributed by atoms with E-state index in [1.807, 2.05) is 42.3 Å². The number of fused-ring (bicyclic) bond motifs is 13. The number of unbranched alkanes of at least 4 members (excludes halogenated alkanes) is 7. The molecule has 15 aliphatic heterocycles. The lowest BCUT2D eigenvalue weighted by Gasteiger charge is -2.51. The lowest BCUT2D eigenvalue weighted by Crippen LogP contribution is -2.68. The third kappa shape index (κ3) is 46.3. The van der Waals surface area contributed by atoms with Crippen LogP contribution in [0.4, 0.5) is 22.7 Å². The van der Waals surface area contributed by atoms with Crippen molar-refractivity contribution in [2.24, 2.45) is 0 Å². The zero-order chi connectivity index (χ0) is 109. The third-order valence-corrected chi connectivity index (χ3v) is 36.7. The molecule has 15 fully saturated rings. The van der Waals surface area contributed by atoms with Gasteiger partial charge in [-0.15, -0.1) is 0 Å². The lowest BCUT2D eigenvalue weighted by molar-refractivity contribution is -1.02. The summed E-state index contributed by atoms with van der Waals surface area (Å²) in [7, 11) is 58.9. The summed E-state index contributed by atoms with van der Waals surface area (Å²) in [5.41, 5.74) is 7.91. The Morgan fingerprint density at radius 1 is 0.293 bits per heavy atom. The molecule has 15 heterocycles. The molecule has 0 aromatic heterocycles. The summed E-state index contributed by atoms with van der Waals surface area (Å²) in [4.78, 5) is 34.5. The molecule has 0 amide bonds. The monoisotopic (exact) mass is 2090 g/mol. The molecular formula is C120H236N20O6S+16. The van der Waals surface area contributed by atoms with Gasteiger partial charge in [0, 0.05) is 95.7 Å². The fraction of sp³-hybridized carbons (Fsp3) is 0.800. The molecule has 27 heteroatoms. The minimum atomic E-state index is -2.88. The maximum atomic E-state index is 12.2. The SMILES string of the molecule is C(CC[N+]12CCN(CC1)CC2)CC[N+]12CCN(CC1)CC2.CCCC[N+]1(C)CC[N+](C)(CCCC)CC1.C[N+](C)(C)CCS(=O)(=O)CC[N+](C)(C)C.C[N+](C)(C)CC[N+](C)(C)C.C[N+](C)(C)c1ccc(-c2ccc([N+](C)(C)C)cc2)cc1.C[N+](C)(C)c1cccc2c([N+](C)(C)C)cccc12.C[N+]1(CCCCC[N+]2(C)CCCCC2)CCCCC1.O=C(CCCCOC(=O)C[N+]12CCN(CC1)CC2)OC[N+]12CCN(CC1)CC2. The number of likely N-dealkylation sites (tertiary alicyclic amines) is 2. The number of hydrogen-bond donors (Lipinski definition) is 0. The van der Waals surface area contributed by atoms with Gasteiger partial charge in [-0.25, -0.2) is 13.2 Å². The van der Waals surface area contributed by atoms with E-state index in [0.717, 1.165) is 127 Å². The third-order valence-electron chi connectivity index (χ3n) is 35.1. The van der Waals surface area contributed by atoms with Crippen LogP contribution in [0.2, 0.25) is 0 Å². The van der Waals surface area contributed by atoms with E-state index in [1.165, 1.54) is 358 Å². The number of benzene rings is 4. The molecule has 4 aromatic rings. The first-order valence-corrected chi connectivity index (χ1v) is 60.7. The largest absolute Gasteiger partial charge is 0.462 e. The molecule has 147 heavy (non-hydrogen) atoms. The topological polar surface area (TPSA) is 99.7 Å². The van der Waals surface area contributed by atoms with Crippen molar-refractivity contribution in [3.8, 4) is 11.1 Å². The molecule has 842 valence electrons. The van der Waals surface area contributed by atoms with Crippen LogP contribution in [0.15, 0.2) is 84.9 Å². The summed E-state index contributed by atoms with van der Waals surface area (Å²) in [5.74, 6) is 0.377. The Morgan fingerprint density at radius 2 is 0.585 bits per heavy atom. The Balaban J connectivity index is 0.000000208. The number of carbonyl (C=O) groups is 2. The zero-order valence-corrected chi connectivity index (χ0v) is 102. The van der Waals surface area contributed by atoms with Crippen molar-refractivity contribution in [2.75, 3.05) is 504 Å². The Kier molecular flexibility index (Phi) is 49.2. The molecule has 0 atom stereocenters. The van der Waals surface area contributed by atoms with Gasteiger partial charge in [0.05, 0.1) is 373 Å². The van der Waals surface area contributed by atoms with Gasteiger partial charge in [0.1, 0.15) is 62.0 Å². The van der Waals surface area contributed by atoms with Crippen molar-refractivity contribution >= 4 is 55.3 Å². The normalized spacial score (nSPS) is 26.3. The van der Waals surface area contributed by atoms with Crippen LogP contribution in [0.1, 0.15) is 136 Å². The van der Waals surface area contributed by atoms with Crippen LogP contribution in [0.5, 0.6) is 0 Å². The molecular weight excluding hydrogens is 1850 g/mol. The van der Waals surface area contributed by atoms with Crippen LogP contribution in [0.3, 0.4) is 0 Å². The van der Waals surface area contributed by atoms with Gasteiger partial charge in [0.25, 0.3) is 0 Å². The highest BCUT2D eigenvalue weighted by Crippen LogP contribution is 2.37. The maximum Gasteiger partial charge on any atom is 0.361 e. The van der Waals surface area contributed by atoms with E-state index in [2.05, 4.69) is 273 Å². The molecule has 0 saturated carbocycles. The first kappa shape index (κ1) is 127. The Bertz CT molecular complexity index is 4270. The van der Waals surface area contributed by atoms with E-state index in [-0.39, 0.29) is 23.4 Å². The van der Waals surface area contributed by atoms with Crippen LogP contribution in [-0.2, 0) is 28.9 Å². The number of esters is 2. The van der Waals surface area contributed by atoms with Gasteiger partial charge < -0.3 is 58.8 Å². The van der Waals surface area contributed by atoms with E-state index >= 15 is 0 Å².